The number of alkyl halides is 5. The van der Waals surface area contributed by atoms with Crippen LogP contribution in [0.15, 0.2) is 39.5 Å². The quantitative estimate of drug-likeness (QED) is 0.588. The molecule has 1 aliphatic heterocycles. The lowest BCUT2D eigenvalue weighted by atomic mass is 10.1. The molecule has 0 spiro atoms. The van der Waals surface area contributed by atoms with Crippen molar-refractivity contribution in [1.82, 2.24) is 20.0 Å². The van der Waals surface area contributed by atoms with Crippen LogP contribution in [0.1, 0.15) is 34.3 Å². The smallest absolute Gasteiger partial charge is 0.448 e. The molecule has 2 aromatic heterocycles. The van der Waals surface area contributed by atoms with Gasteiger partial charge < -0.3 is 13.8 Å². The summed E-state index contributed by atoms with van der Waals surface area (Å²) in [6.45, 7) is -0.705. The van der Waals surface area contributed by atoms with Gasteiger partial charge in [-0.1, -0.05) is 29.4 Å². The number of oxazole rings is 1. The van der Waals surface area contributed by atoms with Crippen molar-refractivity contribution in [1.29, 1.82) is 0 Å². The summed E-state index contributed by atoms with van der Waals surface area (Å²) in [5.41, 5.74) is 0.939. The van der Waals surface area contributed by atoms with E-state index in [4.69, 9.17) is 4.42 Å². The first-order valence-electron chi connectivity index (χ1n) is 8.72. The molecule has 0 radical (unpaired) electrons. The molecule has 0 saturated carbocycles. The molecule has 30 heavy (non-hydrogen) atoms. The molecule has 0 bridgehead atoms. The van der Waals surface area contributed by atoms with E-state index < -0.39 is 30.4 Å². The first-order valence-corrected chi connectivity index (χ1v) is 8.72. The highest BCUT2D eigenvalue weighted by molar-refractivity contribution is 5.92. The molecule has 0 atom stereocenters. The van der Waals surface area contributed by atoms with Crippen molar-refractivity contribution in [3.05, 3.63) is 53.6 Å². The zero-order valence-corrected chi connectivity index (χ0v) is 15.1. The maximum atomic E-state index is 13.3. The van der Waals surface area contributed by atoms with E-state index in [1.807, 2.05) is 0 Å². The van der Waals surface area contributed by atoms with Crippen LogP contribution in [0.4, 0.5) is 22.0 Å². The zero-order chi connectivity index (χ0) is 21.5. The molecule has 1 fully saturated rings. The molecular formula is C18H13F5N4O3. The van der Waals surface area contributed by atoms with E-state index in [9.17, 15) is 26.7 Å². The highest BCUT2D eigenvalue weighted by Crippen LogP contribution is 2.30. The Morgan fingerprint density at radius 3 is 2.50 bits per heavy atom. The SMILES string of the molecule is O=C(c1coc(Cc2ccc(-c3noc(C(F)(F)F)n3)cc2)n1)N1CCC(F)(F)C1. The van der Waals surface area contributed by atoms with Crippen molar-refractivity contribution in [3.8, 4) is 11.4 Å². The molecule has 1 saturated heterocycles. The van der Waals surface area contributed by atoms with Gasteiger partial charge in [-0.25, -0.2) is 13.8 Å². The molecule has 12 heteroatoms. The first kappa shape index (κ1) is 20.0. The maximum absolute atomic E-state index is 13.3. The normalized spacial score (nSPS) is 16.2. The molecule has 7 nitrogen and oxygen atoms in total. The van der Waals surface area contributed by atoms with Crippen LogP contribution in [0.5, 0.6) is 0 Å². The number of hydrogen-bond donors (Lipinski definition) is 0. The summed E-state index contributed by atoms with van der Waals surface area (Å²) in [7, 11) is 0. The van der Waals surface area contributed by atoms with Gasteiger partial charge in [0, 0.05) is 24.9 Å². The summed E-state index contributed by atoms with van der Waals surface area (Å²) in [5.74, 6) is -4.98. The second-order valence-electron chi connectivity index (χ2n) is 6.75. The number of rotatable bonds is 4. The van der Waals surface area contributed by atoms with Gasteiger partial charge in [0.25, 0.3) is 11.8 Å². The number of amides is 1. The Balaban J connectivity index is 1.42. The summed E-state index contributed by atoms with van der Waals surface area (Å²) < 4.78 is 73.6. The van der Waals surface area contributed by atoms with Gasteiger partial charge in [0.05, 0.1) is 6.54 Å². The third-order valence-electron chi connectivity index (χ3n) is 4.46. The van der Waals surface area contributed by atoms with E-state index in [1.54, 1.807) is 12.1 Å². The predicted octanol–water partition coefficient (Wildman–Crippen LogP) is 3.82. The number of halogens is 5. The van der Waals surface area contributed by atoms with Gasteiger partial charge in [-0.15, -0.1) is 0 Å². The molecule has 0 N–H and O–H groups in total. The number of hydrogen-bond acceptors (Lipinski definition) is 6. The number of carbonyl (C=O) groups excluding carboxylic acids is 1. The highest BCUT2D eigenvalue weighted by Gasteiger charge is 2.41. The molecular weight excluding hydrogens is 415 g/mol. The van der Waals surface area contributed by atoms with E-state index in [2.05, 4.69) is 19.6 Å². The Hall–Kier alpha value is -3.31. The fraction of sp³-hybridized carbons (Fsp3) is 0.333. The first-order chi connectivity index (χ1) is 14.1. The van der Waals surface area contributed by atoms with Gasteiger partial charge in [0.1, 0.15) is 6.26 Å². The Morgan fingerprint density at radius 2 is 1.90 bits per heavy atom. The van der Waals surface area contributed by atoms with Crippen LogP contribution in [0.2, 0.25) is 0 Å². The van der Waals surface area contributed by atoms with Gasteiger partial charge in [-0.05, 0) is 5.56 Å². The minimum atomic E-state index is -4.73. The van der Waals surface area contributed by atoms with Crippen molar-refractivity contribution in [2.75, 3.05) is 13.1 Å². The number of carbonyl (C=O) groups is 1. The maximum Gasteiger partial charge on any atom is 0.471 e. The van der Waals surface area contributed by atoms with Crippen molar-refractivity contribution in [2.45, 2.75) is 24.9 Å². The van der Waals surface area contributed by atoms with Gasteiger partial charge in [0.15, 0.2) is 11.6 Å². The molecule has 158 valence electrons. The highest BCUT2D eigenvalue weighted by atomic mass is 19.4. The summed E-state index contributed by atoms with van der Waals surface area (Å²) in [6.07, 6.45) is -3.82. The Kier molecular flexibility index (Phi) is 4.79. The summed E-state index contributed by atoms with van der Waals surface area (Å²) in [6, 6.07) is 6.21. The summed E-state index contributed by atoms with van der Waals surface area (Å²) in [4.78, 5) is 20.6. The van der Waals surface area contributed by atoms with E-state index in [1.165, 1.54) is 12.1 Å². The molecule has 3 heterocycles. The third kappa shape index (κ3) is 4.16. The van der Waals surface area contributed by atoms with Crippen molar-refractivity contribution < 1.29 is 35.7 Å². The van der Waals surface area contributed by atoms with Crippen LogP contribution in [0.25, 0.3) is 11.4 Å². The Labute approximate surface area is 165 Å². The molecule has 1 aliphatic rings. The lowest BCUT2D eigenvalue weighted by Gasteiger charge is -2.13. The topological polar surface area (TPSA) is 85.3 Å². The second kappa shape index (κ2) is 7.18. The molecule has 1 amide bonds. The Bertz CT molecular complexity index is 1060. The van der Waals surface area contributed by atoms with Crippen LogP contribution in [0, 0.1) is 0 Å². The van der Waals surface area contributed by atoms with E-state index in [0.717, 1.165) is 11.2 Å². The number of aromatic nitrogens is 3. The third-order valence-corrected chi connectivity index (χ3v) is 4.46. The molecule has 0 aliphatic carbocycles. The average molecular weight is 428 g/mol. The fourth-order valence-corrected chi connectivity index (χ4v) is 2.96. The van der Waals surface area contributed by atoms with Crippen LogP contribution in [-0.2, 0) is 12.6 Å². The Morgan fingerprint density at radius 1 is 1.17 bits per heavy atom. The van der Waals surface area contributed by atoms with Crippen LogP contribution >= 0.6 is 0 Å². The van der Waals surface area contributed by atoms with Gasteiger partial charge in [0.2, 0.25) is 5.82 Å². The molecule has 0 unspecified atom stereocenters. The van der Waals surface area contributed by atoms with Crippen LogP contribution < -0.4 is 0 Å². The summed E-state index contributed by atoms with van der Waals surface area (Å²) in [5, 5.41) is 3.30. The van der Waals surface area contributed by atoms with Gasteiger partial charge >= 0.3 is 12.1 Å². The molecule has 3 aromatic rings. The lowest BCUT2D eigenvalue weighted by molar-refractivity contribution is -0.159. The average Bonchev–Trinajstić information content (AvgIpc) is 3.41. The van der Waals surface area contributed by atoms with Crippen molar-refractivity contribution >= 4 is 5.91 Å². The van der Waals surface area contributed by atoms with Crippen LogP contribution in [-0.4, -0.2) is 44.9 Å². The second-order valence-corrected chi connectivity index (χ2v) is 6.75. The largest absolute Gasteiger partial charge is 0.471 e. The fourth-order valence-electron chi connectivity index (χ4n) is 2.96. The molecule has 4 rings (SSSR count). The van der Waals surface area contributed by atoms with Crippen molar-refractivity contribution in [2.24, 2.45) is 0 Å². The van der Waals surface area contributed by atoms with Gasteiger partial charge in [-0.2, -0.15) is 18.2 Å². The minimum Gasteiger partial charge on any atom is -0.448 e. The van der Waals surface area contributed by atoms with Gasteiger partial charge in [-0.3, -0.25) is 4.79 Å². The monoisotopic (exact) mass is 428 g/mol. The van der Waals surface area contributed by atoms with E-state index >= 15 is 0 Å². The summed E-state index contributed by atoms with van der Waals surface area (Å²) >= 11 is 0. The predicted molar refractivity (Wildman–Crippen MR) is 89.5 cm³/mol. The standard InChI is InChI=1S/C18H13F5N4O3/c19-17(20)5-6-27(9-17)15(28)12-8-29-13(24-12)7-10-1-3-11(4-2-10)14-25-16(30-26-14)18(21,22)23/h1-4,8H,5-7,9H2. The van der Waals surface area contributed by atoms with E-state index in [-0.39, 0.29) is 36.8 Å². The lowest BCUT2D eigenvalue weighted by Crippen LogP contribution is -2.31. The number of benzene rings is 1. The van der Waals surface area contributed by atoms with Crippen LogP contribution in [0.3, 0.4) is 0 Å². The minimum absolute atomic E-state index is 0.0539. The van der Waals surface area contributed by atoms with E-state index in [0.29, 0.717) is 11.1 Å². The number of nitrogens with zero attached hydrogens (tertiary/aromatic N) is 4. The van der Waals surface area contributed by atoms with Crippen molar-refractivity contribution in [3.63, 3.8) is 0 Å². The number of likely N-dealkylation sites (tertiary alicyclic amines) is 1. The zero-order valence-electron chi connectivity index (χ0n) is 15.1. The molecule has 1 aromatic carbocycles.